The van der Waals surface area contributed by atoms with Crippen molar-refractivity contribution in [2.75, 3.05) is 24.6 Å². The number of aromatic hydroxyl groups is 1. The second-order valence-electron chi connectivity index (χ2n) is 17.9. The maximum Gasteiger partial charge on any atom is 0.300 e. The fourth-order valence-electron chi connectivity index (χ4n) is 7.34. The molecule has 2 aliphatic rings. The van der Waals surface area contributed by atoms with Crippen molar-refractivity contribution in [2.45, 2.75) is 134 Å². The Bertz CT molecular complexity index is 2150. The summed E-state index contributed by atoms with van der Waals surface area (Å²) in [5.41, 5.74) is 22.9. The van der Waals surface area contributed by atoms with Crippen molar-refractivity contribution in [1.82, 2.24) is 42.1 Å². The molecule has 26 nitrogen and oxygen atoms in total. The van der Waals surface area contributed by atoms with E-state index in [0.717, 1.165) is 28.5 Å². The van der Waals surface area contributed by atoms with Crippen molar-refractivity contribution >= 4 is 92.5 Å². The number of nitrogens with two attached hydrogens (primary N) is 4. The Morgan fingerprint density at radius 1 is 0.781 bits per heavy atom. The molecule has 2 fully saturated rings. The average Bonchev–Trinajstić information content (AvgIpc) is 3.81. The summed E-state index contributed by atoms with van der Waals surface area (Å²) in [6, 6.07) is -5.05. The number of likely N-dealkylation sites (tertiary alicyclic amines) is 1. The molecule has 0 bridgehead atoms. The molecule has 0 aliphatic carbocycles. The molecule has 0 saturated carbocycles. The zero-order valence-corrected chi connectivity index (χ0v) is 43.1. The third-order valence-electron chi connectivity index (χ3n) is 11.3. The third kappa shape index (κ3) is 22.3. The Labute approximate surface area is 430 Å². The number of rotatable bonds is 17. The van der Waals surface area contributed by atoms with Crippen LogP contribution >= 0.6 is 21.6 Å². The van der Waals surface area contributed by atoms with E-state index >= 15 is 0 Å². The lowest BCUT2D eigenvalue weighted by atomic mass is 9.96. The first-order valence-electron chi connectivity index (χ1n) is 23.5. The van der Waals surface area contributed by atoms with Crippen LogP contribution in [-0.4, -0.2) is 159 Å². The molecule has 73 heavy (non-hydrogen) atoms. The van der Waals surface area contributed by atoms with Crippen LogP contribution in [-0.2, 0) is 64.0 Å². The molecule has 3 rings (SSSR count). The molecule has 2 heterocycles. The number of phenolic OH excluding ortho intramolecular Hbond substituents is 1. The van der Waals surface area contributed by atoms with Gasteiger partial charge in [-0.25, -0.2) is 0 Å². The number of nitrogens with zero attached hydrogens (tertiary/aromatic N) is 1. The van der Waals surface area contributed by atoms with E-state index < -0.39 is 151 Å². The van der Waals surface area contributed by atoms with Crippen LogP contribution in [0.15, 0.2) is 24.3 Å². The summed E-state index contributed by atoms with van der Waals surface area (Å²) in [5.74, 6) is -11.2. The number of aliphatic carboxylic acids is 1. The van der Waals surface area contributed by atoms with Gasteiger partial charge in [0.05, 0.1) is 19.0 Å². The predicted molar refractivity (Wildman–Crippen MR) is 268 cm³/mol. The quantitative estimate of drug-likeness (QED) is 0.0673. The van der Waals surface area contributed by atoms with Gasteiger partial charge in [-0.3, -0.25) is 57.5 Å². The molecule has 2 aliphatic heterocycles. The maximum absolute atomic E-state index is 14.5. The number of primary amides is 3. The summed E-state index contributed by atoms with van der Waals surface area (Å²) in [5, 5.41) is 35.1. The van der Waals surface area contributed by atoms with E-state index in [1.807, 2.05) is 13.8 Å². The highest BCUT2D eigenvalue weighted by molar-refractivity contribution is 8.76. The first kappa shape index (κ1) is 62.4. The van der Waals surface area contributed by atoms with Gasteiger partial charge in [-0.2, -0.15) is 0 Å². The number of carboxylic acids is 1. The standard InChI is InChI=1S/C43H66N12O12S2.C2H4O2/c1-5-22(4)35-42(66)49-26(12-13-32(45)57)38(62)51-29(17-33(46)58)39(63)53-30(20-69-68-19-25(44)36(60)50-28(40(64)54-35)16-23-8-10-24(56)11-9-23)43(67)55-14-6-7-31(55)41(65)52-27(15-21(2)3)37(61)48-18-34(47)59;1-2(3)4/h8-11,21-22,25-31,35,56H,5-7,12-20,44H2,1-4H3,(H2,45,57)(H2,46,58)(H2,47,59)(H,48,61)(H,49,66)(H,50,60)(H,51,62)(H,52,65)(H,53,63)(H,54,64);1H3,(H,3,4)/t22-,25-,26?,27?,28?,29?,30?,31?,35?;/m0./s1. The van der Waals surface area contributed by atoms with E-state index in [0.29, 0.717) is 18.4 Å². The van der Waals surface area contributed by atoms with Gasteiger partial charge in [0.1, 0.15) is 48.0 Å². The number of carbonyl (C=O) groups is 12. The minimum Gasteiger partial charge on any atom is -0.508 e. The Morgan fingerprint density at radius 3 is 1.93 bits per heavy atom. The number of nitrogens with one attached hydrogen (secondary N) is 7. The Kier molecular flexibility index (Phi) is 26.5. The van der Waals surface area contributed by atoms with E-state index in [-0.39, 0.29) is 49.0 Å². The Balaban J connectivity index is 0.00000439. The van der Waals surface area contributed by atoms with Crippen LogP contribution in [0.5, 0.6) is 5.75 Å². The summed E-state index contributed by atoms with van der Waals surface area (Å²) >= 11 is 0. The van der Waals surface area contributed by atoms with E-state index in [2.05, 4.69) is 37.2 Å². The molecule has 1 aromatic rings. The number of carboxylic acid groups (broad SMARTS) is 1. The first-order chi connectivity index (χ1) is 34.2. The van der Waals surface area contributed by atoms with Gasteiger partial charge in [-0.1, -0.05) is 67.8 Å². The van der Waals surface area contributed by atoms with Crippen LogP contribution in [0.3, 0.4) is 0 Å². The minimum atomic E-state index is -1.75. The zero-order chi connectivity index (χ0) is 55.1. The minimum absolute atomic E-state index is 0.0468. The largest absolute Gasteiger partial charge is 0.508 e. The van der Waals surface area contributed by atoms with Crippen LogP contribution in [0, 0.1) is 11.8 Å². The van der Waals surface area contributed by atoms with Gasteiger partial charge < -0.3 is 75.3 Å². The fourth-order valence-corrected chi connectivity index (χ4v) is 9.62. The van der Waals surface area contributed by atoms with Crippen LogP contribution in [0.4, 0.5) is 0 Å². The Hall–Kier alpha value is -6.68. The number of phenols is 1. The maximum atomic E-state index is 14.5. The molecule has 2 saturated heterocycles. The summed E-state index contributed by atoms with van der Waals surface area (Å²) < 4.78 is 0. The summed E-state index contributed by atoms with van der Waals surface area (Å²) in [6.07, 6.45) is -0.694. The summed E-state index contributed by atoms with van der Waals surface area (Å²) in [6.45, 7) is 7.69. The van der Waals surface area contributed by atoms with Gasteiger partial charge in [-0.15, -0.1) is 0 Å². The highest BCUT2D eigenvalue weighted by atomic mass is 33.1. The second kappa shape index (κ2) is 31.0. The molecule has 28 heteroatoms. The van der Waals surface area contributed by atoms with E-state index in [4.69, 9.17) is 32.8 Å². The molecule has 406 valence electrons. The second-order valence-corrected chi connectivity index (χ2v) is 20.5. The summed E-state index contributed by atoms with van der Waals surface area (Å²) in [4.78, 5) is 157. The van der Waals surface area contributed by atoms with Crippen molar-refractivity contribution in [1.29, 1.82) is 0 Å². The lowest BCUT2D eigenvalue weighted by Gasteiger charge is -2.31. The molecule has 11 amide bonds. The van der Waals surface area contributed by atoms with Crippen molar-refractivity contribution in [3.8, 4) is 5.75 Å². The lowest BCUT2D eigenvalue weighted by Crippen LogP contribution is -2.61. The van der Waals surface area contributed by atoms with Crippen LogP contribution < -0.4 is 60.2 Å². The molecule has 0 spiro atoms. The molecule has 17 N–H and O–H groups in total. The van der Waals surface area contributed by atoms with Crippen molar-refractivity contribution in [3.05, 3.63) is 29.8 Å². The lowest BCUT2D eigenvalue weighted by molar-refractivity contribution is -0.142. The highest BCUT2D eigenvalue weighted by Crippen LogP contribution is 2.26. The fraction of sp³-hybridized carbons (Fsp3) is 0.600. The predicted octanol–water partition coefficient (Wildman–Crippen LogP) is -3.52. The van der Waals surface area contributed by atoms with Gasteiger partial charge in [0.25, 0.3) is 5.97 Å². The average molecular weight is 1070 g/mol. The van der Waals surface area contributed by atoms with E-state index in [1.54, 1.807) is 13.8 Å². The van der Waals surface area contributed by atoms with Gasteiger partial charge in [0.2, 0.25) is 65.0 Å². The molecule has 0 aromatic heterocycles. The van der Waals surface area contributed by atoms with Gasteiger partial charge in [0, 0.05) is 37.8 Å². The topological polar surface area (TPSA) is 437 Å². The molecular formula is C45H70N12O14S2. The number of amides is 11. The highest BCUT2D eigenvalue weighted by Gasteiger charge is 2.41. The van der Waals surface area contributed by atoms with Gasteiger partial charge in [0.15, 0.2) is 0 Å². The number of carbonyl (C=O) groups excluding carboxylic acids is 11. The number of hydrogen-bond acceptors (Lipinski definition) is 16. The van der Waals surface area contributed by atoms with Crippen LogP contribution in [0.1, 0.15) is 85.1 Å². The number of hydrogen-bond donors (Lipinski definition) is 13. The van der Waals surface area contributed by atoms with Crippen molar-refractivity contribution < 1.29 is 67.7 Å². The smallest absolute Gasteiger partial charge is 0.300 e. The van der Waals surface area contributed by atoms with Gasteiger partial charge in [-0.05, 0) is 55.2 Å². The number of benzene rings is 1. The molecule has 0 radical (unpaired) electrons. The third-order valence-corrected chi connectivity index (χ3v) is 13.7. The monoisotopic (exact) mass is 1070 g/mol. The Morgan fingerprint density at radius 2 is 1.36 bits per heavy atom. The SMILES string of the molecule is CC(=O)O.CC[C@H](C)C1NC(=O)C(Cc2ccc(O)cc2)NC(=O)[C@@H](N)CSSCC(C(=O)N2CCCC2C(=O)NC(CC(C)C)C(=O)NCC(N)=O)NC(=O)C(CC(N)=O)NC(=O)C(CCC(N)=O)NC1=O. The van der Waals surface area contributed by atoms with Crippen molar-refractivity contribution in [2.24, 2.45) is 34.8 Å². The molecular weight excluding hydrogens is 997 g/mol. The van der Waals surface area contributed by atoms with Crippen LogP contribution in [0.25, 0.3) is 0 Å². The summed E-state index contributed by atoms with van der Waals surface area (Å²) in [7, 11) is 2.05. The molecule has 9 atom stereocenters. The zero-order valence-electron chi connectivity index (χ0n) is 41.4. The first-order valence-corrected chi connectivity index (χ1v) is 26.0. The van der Waals surface area contributed by atoms with Crippen molar-refractivity contribution in [3.63, 3.8) is 0 Å². The van der Waals surface area contributed by atoms with Crippen LogP contribution in [0.2, 0.25) is 0 Å². The molecule has 1 aromatic carbocycles. The van der Waals surface area contributed by atoms with E-state index in [9.17, 15) is 57.8 Å². The normalized spacial score (nSPS) is 23.3. The van der Waals surface area contributed by atoms with Gasteiger partial charge >= 0.3 is 0 Å². The molecule has 7 unspecified atom stereocenters. The van der Waals surface area contributed by atoms with E-state index in [1.165, 1.54) is 29.2 Å².